The second-order valence-electron chi connectivity index (χ2n) is 11.0. The molecular formula is C26H36BClN4O5. The number of ether oxygens (including phenoxy) is 1. The number of benzene rings is 1. The largest absolute Gasteiger partial charge is 0.494 e. The van der Waals surface area contributed by atoms with Crippen LogP contribution in [-0.2, 0) is 18.8 Å². The Bertz CT molecular complexity index is 1130. The van der Waals surface area contributed by atoms with E-state index in [1.807, 2.05) is 65.8 Å². The number of carbonyl (C=O) groups excluding carboxylic acids is 2. The van der Waals surface area contributed by atoms with Crippen molar-refractivity contribution in [3.05, 3.63) is 35.2 Å². The van der Waals surface area contributed by atoms with Crippen molar-refractivity contribution in [2.45, 2.75) is 77.7 Å². The molecule has 11 heteroatoms. The number of imidazole rings is 1. The number of rotatable bonds is 6. The van der Waals surface area contributed by atoms with Crippen LogP contribution in [0.3, 0.4) is 0 Å². The fraction of sp³-hybridized carbons (Fsp3) is 0.577. The Morgan fingerprint density at radius 1 is 1.19 bits per heavy atom. The van der Waals surface area contributed by atoms with E-state index in [0.717, 1.165) is 23.9 Å². The maximum absolute atomic E-state index is 13.4. The fourth-order valence-electron chi connectivity index (χ4n) is 4.69. The molecule has 200 valence electrons. The van der Waals surface area contributed by atoms with Gasteiger partial charge in [-0.3, -0.25) is 4.79 Å². The summed E-state index contributed by atoms with van der Waals surface area (Å²) in [5.74, 6) is 0.358. The molecule has 2 fully saturated rings. The van der Waals surface area contributed by atoms with Gasteiger partial charge in [-0.15, -0.1) is 0 Å². The monoisotopic (exact) mass is 530 g/mol. The van der Waals surface area contributed by atoms with Crippen LogP contribution in [0.4, 0.5) is 4.79 Å². The highest BCUT2D eigenvalue weighted by molar-refractivity contribution is 6.62. The quantitative estimate of drug-likeness (QED) is 0.545. The smallest absolute Gasteiger partial charge is 0.453 e. The molecule has 2 amide bonds. The third kappa shape index (κ3) is 5.37. The average Bonchev–Trinajstić information content (AvgIpc) is 3.52. The van der Waals surface area contributed by atoms with E-state index in [-0.39, 0.29) is 17.9 Å². The molecule has 2 aliphatic heterocycles. The van der Waals surface area contributed by atoms with Gasteiger partial charge in [0.2, 0.25) is 5.91 Å². The molecule has 0 aliphatic carbocycles. The Morgan fingerprint density at radius 2 is 1.81 bits per heavy atom. The molecule has 37 heavy (non-hydrogen) atoms. The van der Waals surface area contributed by atoms with Crippen molar-refractivity contribution in [2.24, 2.45) is 5.92 Å². The van der Waals surface area contributed by atoms with E-state index in [2.05, 4.69) is 10.3 Å². The first-order chi connectivity index (χ1) is 17.3. The molecule has 1 aromatic heterocycles. The number of aromatic amines is 1. The molecule has 2 N–H and O–H groups in total. The number of likely N-dealkylation sites (tertiary alicyclic amines) is 1. The van der Waals surface area contributed by atoms with E-state index >= 15 is 0 Å². The number of amides is 2. The van der Waals surface area contributed by atoms with Gasteiger partial charge in [-0.25, -0.2) is 9.78 Å². The average molecular weight is 531 g/mol. The van der Waals surface area contributed by atoms with E-state index in [9.17, 15) is 9.59 Å². The molecule has 1 aromatic carbocycles. The lowest BCUT2D eigenvalue weighted by Crippen LogP contribution is -2.51. The molecular weight excluding hydrogens is 495 g/mol. The third-order valence-electron chi connectivity index (χ3n) is 7.63. The van der Waals surface area contributed by atoms with Crippen LogP contribution in [0.1, 0.15) is 66.3 Å². The summed E-state index contributed by atoms with van der Waals surface area (Å²) in [4.78, 5) is 35.0. The first kappa shape index (κ1) is 27.5. The van der Waals surface area contributed by atoms with Crippen LogP contribution in [0.25, 0.3) is 11.3 Å². The maximum Gasteiger partial charge on any atom is 0.494 e. The van der Waals surface area contributed by atoms with Crippen LogP contribution >= 0.6 is 11.6 Å². The minimum absolute atomic E-state index is 0.105. The van der Waals surface area contributed by atoms with Crippen LogP contribution < -0.4 is 10.8 Å². The first-order valence-electron chi connectivity index (χ1n) is 12.7. The molecule has 4 rings (SSSR count). The number of hydrogen-bond donors (Lipinski definition) is 2. The number of aromatic nitrogens is 2. The first-order valence-corrected chi connectivity index (χ1v) is 13.1. The van der Waals surface area contributed by atoms with Gasteiger partial charge in [0.15, 0.2) is 0 Å². The Labute approximate surface area is 223 Å². The molecule has 0 saturated carbocycles. The van der Waals surface area contributed by atoms with Crippen LogP contribution in [0, 0.1) is 5.92 Å². The number of H-pyrrole nitrogens is 1. The summed E-state index contributed by atoms with van der Waals surface area (Å²) in [7, 11) is 0.833. The van der Waals surface area contributed by atoms with Crippen molar-refractivity contribution in [3.8, 4) is 11.3 Å². The van der Waals surface area contributed by atoms with Gasteiger partial charge >= 0.3 is 13.2 Å². The Balaban J connectivity index is 1.53. The number of methoxy groups -OCH3 is 1. The zero-order chi connectivity index (χ0) is 27.1. The minimum atomic E-state index is -0.694. The molecule has 9 nitrogen and oxygen atoms in total. The molecule has 0 radical (unpaired) electrons. The van der Waals surface area contributed by atoms with Crippen molar-refractivity contribution >= 4 is 36.2 Å². The Kier molecular flexibility index (Phi) is 7.65. The summed E-state index contributed by atoms with van der Waals surface area (Å²) in [6.45, 7) is 12.5. The van der Waals surface area contributed by atoms with Gasteiger partial charge in [-0.1, -0.05) is 49.7 Å². The lowest BCUT2D eigenvalue weighted by Gasteiger charge is -2.32. The summed E-state index contributed by atoms with van der Waals surface area (Å²) in [6.07, 6.45) is 0.949. The minimum Gasteiger partial charge on any atom is -0.453 e. The van der Waals surface area contributed by atoms with Crippen LogP contribution in [0.2, 0.25) is 5.15 Å². The zero-order valence-corrected chi connectivity index (χ0v) is 23.3. The molecule has 2 saturated heterocycles. The van der Waals surface area contributed by atoms with Crippen molar-refractivity contribution in [3.63, 3.8) is 0 Å². The second-order valence-corrected chi connectivity index (χ2v) is 11.4. The SMILES string of the molecule is COC(=O)NC(C(=O)N1CCCC1c1nc(-c2ccc(B3OC(C)(C)C(C)(C)O3)cc2)c(Cl)[nH]1)C(C)C. The van der Waals surface area contributed by atoms with E-state index in [1.54, 1.807) is 4.90 Å². The predicted molar refractivity (Wildman–Crippen MR) is 143 cm³/mol. The highest BCUT2D eigenvalue weighted by Gasteiger charge is 2.51. The summed E-state index contributed by atoms with van der Waals surface area (Å²) in [5, 5.41) is 3.07. The van der Waals surface area contributed by atoms with E-state index in [4.69, 9.17) is 30.6 Å². The Hall–Kier alpha value is -2.56. The number of carbonyl (C=O) groups is 2. The molecule has 3 heterocycles. The standard InChI is InChI=1S/C26H36BClN4O5/c1-15(2)19(30-24(34)35-7)23(33)32-14-8-9-18(32)22-29-20(21(28)31-22)16-10-12-17(13-11-16)27-36-25(3,4)26(5,6)37-27/h10-13,15,18-19H,8-9,14H2,1-7H3,(H,29,31)(H,30,34). The summed E-state index contributed by atoms with van der Waals surface area (Å²) in [5.41, 5.74) is 1.55. The van der Waals surface area contributed by atoms with Gasteiger partial charge < -0.3 is 29.2 Å². The lowest BCUT2D eigenvalue weighted by atomic mass is 9.79. The van der Waals surface area contributed by atoms with Gasteiger partial charge in [0, 0.05) is 12.1 Å². The van der Waals surface area contributed by atoms with E-state index in [0.29, 0.717) is 23.2 Å². The van der Waals surface area contributed by atoms with E-state index < -0.39 is 30.5 Å². The second kappa shape index (κ2) is 10.3. The van der Waals surface area contributed by atoms with Gasteiger partial charge in [-0.05, 0) is 51.9 Å². The highest BCUT2D eigenvalue weighted by atomic mass is 35.5. The molecule has 2 aromatic rings. The third-order valence-corrected chi connectivity index (χ3v) is 7.90. The van der Waals surface area contributed by atoms with Crippen molar-refractivity contribution in [2.75, 3.05) is 13.7 Å². The topological polar surface area (TPSA) is 106 Å². The molecule has 0 spiro atoms. The number of nitrogens with one attached hydrogen (secondary N) is 2. The summed E-state index contributed by atoms with van der Waals surface area (Å²) >= 11 is 6.58. The van der Waals surface area contributed by atoms with Crippen molar-refractivity contribution < 1.29 is 23.6 Å². The Morgan fingerprint density at radius 3 is 2.38 bits per heavy atom. The van der Waals surface area contributed by atoms with Crippen LogP contribution in [0.15, 0.2) is 24.3 Å². The van der Waals surface area contributed by atoms with Crippen LogP contribution in [-0.4, -0.2) is 64.9 Å². The van der Waals surface area contributed by atoms with Gasteiger partial charge in [-0.2, -0.15) is 0 Å². The zero-order valence-electron chi connectivity index (χ0n) is 22.6. The maximum atomic E-state index is 13.4. The normalized spacial score (nSPS) is 21.4. The molecule has 2 atom stereocenters. The highest BCUT2D eigenvalue weighted by Crippen LogP contribution is 2.37. The van der Waals surface area contributed by atoms with Crippen molar-refractivity contribution in [1.82, 2.24) is 20.2 Å². The number of hydrogen-bond acceptors (Lipinski definition) is 6. The number of nitrogens with zero attached hydrogens (tertiary/aromatic N) is 2. The van der Waals surface area contributed by atoms with Gasteiger partial charge in [0.25, 0.3) is 0 Å². The van der Waals surface area contributed by atoms with Gasteiger partial charge in [0.1, 0.15) is 22.7 Å². The number of alkyl carbamates (subject to hydrolysis) is 1. The van der Waals surface area contributed by atoms with Crippen LogP contribution in [0.5, 0.6) is 0 Å². The number of halogens is 1. The predicted octanol–water partition coefficient (Wildman–Crippen LogP) is 4.07. The van der Waals surface area contributed by atoms with E-state index in [1.165, 1.54) is 7.11 Å². The summed E-state index contributed by atoms with van der Waals surface area (Å²) < 4.78 is 17.0. The summed E-state index contributed by atoms with van der Waals surface area (Å²) in [6, 6.07) is 6.85. The molecule has 2 unspecified atom stereocenters. The fourth-order valence-corrected chi connectivity index (χ4v) is 4.94. The lowest BCUT2D eigenvalue weighted by molar-refractivity contribution is -0.135. The molecule has 0 bridgehead atoms. The van der Waals surface area contributed by atoms with Gasteiger partial charge in [0.05, 0.1) is 24.4 Å². The molecule has 2 aliphatic rings. The van der Waals surface area contributed by atoms with Crippen molar-refractivity contribution in [1.29, 1.82) is 0 Å².